The van der Waals surface area contributed by atoms with E-state index in [9.17, 15) is 21.6 Å². The molecule has 0 saturated carbocycles. The lowest BCUT2D eigenvalue weighted by molar-refractivity contribution is -0.0500. The molecule has 0 aliphatic carbocycles. The summed E-state index contributed by atoms with van der Waals surface area (Å²) in [7, 11) is -5.71. The molecule has 0 amide bonds. The molecule has 0 aliphatic rings. The second-order valence-electron chi connectivity index (χ2n) is 4.74. The quantitative estimate of drug-likeness (QED) is 0.610. The van der Waals surface area contributed by atoms with Crippen molar-refractivity contribution in [3.05, 3.63) is 59.7 Å². The van der Waals surface area contributed by atoms with E-state index < -0.39 is 21.4 Å². The fourth-order valence-corrected chi connectivity index (χ4v) is 2.20. The molecule has 0 heterocycles. The van der Waals surface area contributed by atoms with Crippen molar-refractivity contribution in [2.75, 3.05) is 0 Å². The molecule has 23 heavy (non-hydrogen) atoms. The lowest BCUT2D eigenvalue weighted by atomic mass is 10.2. The maximum atomic E-state index is 12.3. The summed E-state index contributed by atoms with van der Waals surface area (Å²) in [5.74, 6) is -0.244. The molecule has 0 radical (unpaired) electrons. The van der Waals surface area contributed by atoms with E-state index in [1.165, 1.54) is 6.07 Å². The molecule has 0 spiro atoms. The van der Waals surface area contributed by atoms with Gasteiger partial charge in [0.25, 0.3) is 0 Å². The summed E-state index contributed by atoms with van der Waals surface area (Å²) >= 11 is 0. The van der Waals surface area contributed by atoms with Gasteiger partial charge >= 0.3 is 15.6 Å². The number of rotatable bonds is 5. The van der Waals surface area contributed by atoms with E-state index in [-0.39, 0.29) is 12.4 Å². The summed E-state index contributed by atoms with van der Waals surface area (Å²) < 4.78 is 68.7. The van der Waals surface area contributed by atoms with Crippen LogP contribution in [0.2, 0.25) is 0 Å². The first-order valence-corrected chi connectivity index (χ1v) is 7.87. The lowest BCUT2D eigenvalue weighted by Gasteiger charge is -2.12. The monoisotopic (exact) mass is 346 g/mol. The molecule has 0 unspecified atom stereocenters. The van der Waals surface area contributed by atoms with Crippen molar-refractivity contribution in [2.45, 2.75) is 19.0 Å². The molecule has 2 rings (SSSR count). The molecule has 0 fully saturated rings. The van der Waals surface area contributed by atoms with E-state index in [2.05, 4.69) is 4.18 Å². The van der Waals surface area contributed by atoms with Crippen LogP contribution in [-0.2, 0) is 16.7 Å². The van der Waals surface area contributed by atoms with Crippen molar-refractivity contribution in [2.24, 2.45) is 0 Å². The maximum absolute atomic E-state index is 12.3. The van der Waals surface area contributed by atoms with Gasteiger partial charge in [-0.2, -0.15) is 21.6 Å². The van der Waals surface area contributed by atoms with Crippen molar-refractivity contribution in [3.63, 3.8) is 0 Å². The van der Waals surface area contributed by atoms with E-state index in [0.29, 0.717) is 5.56 Å². The maximum Gasteiger partial charge on any atom is 0.534 e. The van der Waals surface area contributed by atoms with Gasteiger partial charge in [-0.15, -0.1) is 0 Å². The third-order valence-electron chi connectivity index (χ3n) is 2.76. The van der Waals surface area contributed by atoms with Gasteiger partial charge in [0.1, 0.15) is 18.1 Å². The highest BCUT2D eigenvalue weighted by Gasteiger charge is 2.48. The summed E-state index contributed by atoms with van der Waals surface area (Å²) in [6, 6.07) is 13.0. The molecule has 0 saturated heterocycles. The van der Waals surface area contributed by atoms with E-state index in [0.717, 1.165) is 11.6 Å². The van der Waals surface area contributed by atoms with Crippen LogP contribution in [-0.4, -0.2) is 13.9 Å². The van der Waals surface area contributed by atoms with Crippen LogP contribution in [0.5, 0.6) is 11.5 Å². The van der Waals surface area contributed by atoms with Crippen LogP contribution in [0.3, 0.4) is 0 Å². The van der Waals surface area contributed by atoms with Gasteiger partial charge in [0.2, 0.25) is 0 Å². The Bertz CT molecular complexity index is 771. The molecule has 2 aromatic carbocycles. The van der Waals surface area contributed by atoms with Crippen LogP contribution in [0.25, 0.3) is 0 Å². The Kier molecular flexibility index (Phi) is 4.84. The summed E-state index contributed by atoms with van der Waals surface area (Å²) in [4.78, 5) is 0. The van der Waals surface area contributed by atoms with Crippen LogP contribution >= 0.6 is 0 Å². The van der Waals surface area contributed by atoms with Gasteiger partial charge in [0.15, 0.2) is 0 Å². The van der Waals surface area contributed by atoms with E-state index in [1.807, 2.05) is 30.3 Å². The Morgan fingerprint density at radius 3 is 2.22 bits per heavy atom. The van der Waals surface area contributed by atoms with Crippen molar-refractivity contribution < 1.29 is 30.5 Å². The fourth-order valence-electron chi connectivity index (χ4n) is 1.76. The predicted octanol–water partition coefficient (Wildman–Crippen LogP) is 3.80. The van der Waals surface area contributed by atoms with Gasteiger partial charge in [-0.3, -0.25) is 0 Å². The Morgan fingerprint density at radius 1 is 1.00 bits per heavy atom. The van der Waals surface area contributed by atoms with E-state index in [1.54, 1.807) is 13.0 Å². The topological polar surface area (TPSA) is 52.6 Å². The lowest BCUT2D eigenvalue weighted by Crippen LogP contribution is -2.28. The molecular formula is C15H13F3O4S. The van der Waals surface area contributed by atoms with Crippen molar-refractivity contribution in [1.29, 1.82) is 0 Å². The number of ether oxygens (including phenoxy) is 1. The molecule has 4 nitrogen and oxygen atoms in total. The minimum absolute atomic E-state index is 0.190. The standard InChI is InChI=1S/C15H13F3O4S/c1-11-7-13(21-10-12-5-3-2-4-6-12)9-14(8-11)22-23(19,20)15(16,17)18/h2-9H,10H2,1H3. The van der Waals surface area contributed by atoms with E-state index in [4.69, 9.17) is 4.74 Å². The number of benzene rings is 2. The Hall–Kier alpha value is -2.22. The largest absolute Gasteiger partial charge is 0.534 e. The zero-order chi connectivity index (χ0) is 17.1. The molecule has 8 heteroatoms. The average Bonchev–Trinajstić information content (AvgIpc) is 2.44. The minimum Gasteiger partial charge on any atom is -0.489 e. The normalized spacial score (nSPS) is 12.0. The molecular weight excluding hydrogens is 333 g/mol. The third kappa shape index (κ3) is 4.62. The number of halogens is 3. The fraction of sp³-hybridized carbons (Fsp3) is 0.200. The SMILES string of the molecule is Cc1cc(OCc2ccccc2)cc(OS(=O)(=O)C(F)(F)F)c1. The molecule has 0 aliphatic heterocycles. The molecule has 124 valence electrons. The summed E-state index contributed by atoms with van der Waals surface area (Å²) in [6.45, 7) is 1.78. The molecule has 0 atom stereocenters. The van der Waals surface area contributed by atoms with Crippen LogP contribution in [0.1, 0.15) is 11.1 Å². The zero-order valence-electron chi connectivity index (χ0n) is 12.0. The summed E-state index contributed by atoms with van der Waals surface area (Å²) in [6.07, 6.45) is 0. The zero-order valence-corrected chi connectivity index (χ0v) is 12.8. The van der Waals surface area contributed by atoms with Crippen LogP contribution < -0.4 is 8.92 Å². The van der Waals surface area contributed by atoms with Gasteiger partial charge < -0.3 is 8.92 Å². The highest BCUT2D eigenvalue weighted by atomic mass is 32.2. The molecule has 0 N–H and O–H groups in total. The smallest absolute Gasteiger partial charge is 0.489 e. The molecule has 0 bridgehead atoms. The number of hydrogen-bond donors (Lipinski definition) is 0. The first kappa shape index (κ1) is 17.1. The Balaban J connectivity index is 2.16. The average molecular weight is 346 g/mol. The second-order valence-corrected chi connectivity index (χ2v) is 6.28. The third-order valence-corrected chi connectivity index (χ3v) is 3.74. The summed E-state index contributed by atoms with van der Waals surface area (Å²) in [5, 5.41) is 0. The summed E-state index contributed by atoms with van der Waals surface area (Å²) in [5.41, 5.74) is -4.12. The number of hydrogen-bond acceptors (Lipinski definition) is 4. The van der Waals surface area contributed by atoms with Crippen LogP contribution in [0.4, 0.5) is 13.2 Å². The van der Waals surface area contributed by atoms with Crippen molar-refractivity contribution in [1.82, 2.24) is 0 Å². The highest BCUT2D eigenvalue weighted by Crippen LogP contribution is 2.30. The second kappa shape index (κ2) is 6.49. The molecule has 2 aromatic rings. The molecule has 0 aromatic heterocycles. The minimum atomic E-state index is -5.71. The first-order chi connectivity index (χ1) is 10.7. The van der Waals surface area contributed by atoms with E-state index >= 15 is 0 Å². The number of aryl methyl sites for hydroxylation is 1. The van der Waals surface area contributed by atoms with Crippen LogP contribution in [0.15, 0.2) is 48.5 Å². The Morgan fingerprint density at radius 2 is 1.61 bits per heavy atom. The Labute approximate surface area is 131 Å². The number of alkyl halides is 3. The van der Waals surface area contributed by atoms with Gasteiger partial charge in [-0.05, 0) is 30.2 Å². The van der Waals surface area contributed by atoms with Gasteiger partial charge in [0, 0.05) is 6.07 Å². The van der Waals surface area contributed by atoms with Gasteiger partial charge in [0.05, 0.1) is 0 Å². The van der Waals surface area contributed by atoms with Gasteiger partial charge in [-0.1, -0.05) is 30.3 Å². The van der Waals surface area contributed by atoms with Crippen LogP contribution in [0, 0.1) is 6.92 Å². The van der Waals surface area contributed by atoms with Crippen molar-refractivity contribution >= 4 is 10.1 Å². The van der Waals surface area contributed by atoms with Crippen molar-refractivity contribution in [3.8, 4) is 11.5 Å². The predicted molar refractivity (Wildman–Crippen MR) is 77.6 cm³/mol. The van der Waals surface area contributed by atoms with Gasteiger partial charge in [-0.25, -0.2) is 0 Å². The highest BCUT2D eigenvalue weighted by molar-refractivity contribution is 7.88. The first-order valence-electron chi connectivity index (χ1n) is 6.46.